The van der Waals surface area contributed by atoms with E-state index >= 15 is 0 Å². The third kappa shape index (κ3) is 6.18. The average molecular weight is 840 g/mol. The summed E-state index contributed by atoms with van der Waals surface area (Å²) < 4.78 is 6.98. The van der Waals surface area contributed by atoms with Crippen molar-refractivity contribution in [3.8, 4) is 44.7 Å². The molecule has 0 N–H and O–H groups in total. The van der Waals surface area contributed by atoms with E-state index in [0.717, 1.165) is 67.0 Å². The monoisotopic (exact) mass is 839 g/mol. The van der Waals surface area contributed by atoms with Crippen LogP contribution < -0.4 is 4.90 Å². The zero-order valence-corrected chi connectivity index (χ0v) is 36.0. The Labute approximate surface area is 382 Å². The minimum atomic E-state index is 0.890. The molecule has 1 aromatic heterocycles. The van der Waals surface area contributed by atoms with Gasteiger partial charge < -0.3 is 9.32 Å². The van der Waals surface area contributed by atoms with E-state index in [0.29, 0.717) is 0 Å². The maximum Gasteiger partial charge on any atom is 0.143 e. The highest BCUT2D eigenvalue weighted by Crippen LogP contribution is 2.48. The lowest BCUT2D eigenvalue weighted by atomic mass is 9.91. The number of nitrogens with zero attached hydrogens (tertiary/aromatic N) is 1. The number of furan rings is 1. The smallest absolute Gasteiger partial charge is 0.143 e. The summed E-state index contributed by atoms with van der Waals surface area (Å²) in [6, 6.07) is 90.0. The molecule has 2 heteroatoms. The topological polar surface area (TPSA) is 16.4 Å². The van der Waals surface area contributed by atoms with Gasteiger partial charge in [0.1, 0.15) is 11.3 Å². The Morgan fingerprint density at radius 3 is 1.53 bits per heavy atom. The number of anilines is 3. The summed E-state index contributed by atoms with van der Waals surface area (Å²) in [7, 11) is 0. The van der Waals surface area contributed by atoms with Gasteiger partial charge in [0.25, 0.3) is 0 Å². The molecule has 0 aliphatic rings. The summed E-state index contributed by atoms with van der Waals surface area (Å²) in [5.74, 6) is 0.890. The van der Waals surface area contributed by atoms with Gasteiger partial charge in [-0.3, -0.25) is 0 Å². The lowest BCUT2D eigenvalue weighted by Crippen LogP contribution is -2.10. The van der Waals surface area contributed by atoms with Crippen LogP contribution in [0, 0.1) is 0 Å². The minimum absolute atomic E-state index is 0.890. The zero-order valence-electron chi connectivity index (χ0n) is 36.0. The number of fused-ring (bicyclic) bond motifs is 10. The summed E-state index contributed by atoms with van der Waals surface area (Å²) in [5.41, 5.74) is 12.3. The van der Waals surface area contributed by atoms with E-state index in [1.165, 1.54) is 59.6 Å². The third-order valence-corrected chi connectivity index (χ3v) is 13.4. The van der Waals surface area contributed by atoms with Crippen LogP contribution in [0.5, 0.6) is 0 Å². The van der Waals surface area contributed by atoms with Crippen molar-refractivity contribution in [2.75, 3.05) is 4.90 Å². The first-order valence-electron chi connectivity index (χ1n) is 22.7. The molecular formula is C64H41NO. The first-order valence-corrected chi connectivity index (χ1v) is 22.7. The van der Waals surface area contributed by atoms with E-state index < -0.39 is 0 Å². The first kappa shape index (κ1) is 37.8. The molecule has 0 radical (unpaired) electrons. The average Bonchev–Trinajstić information content (AvgIpc) is 3.81. The molecule has 0 atom stereocenters. The second-order valence-electron chi connectivity index (χ2n) is 17.2. The van der Waals surface area contributed by atoms with Gasteiger partial charge in [0.05, 0.1) is 5.69 Å². The maximum absolute atomic E-state index is 6.98. The molecule has 0 bridgehead atoms. The molecule has 0 saturated heterocycles. The van der Waals surface area contributed by atoms with Crippen LogP contribution in [-0.2, 0) is 0 Å². The van der Waals surface area contributed by atoms with E-state index in [2.05, 4.69) is 254 Å². The molecule has 0 saturated carbocycles. The molecule has 12 aromatic carbocycles. The number of benzene rings is 12. The minimum Gasteiger partial charge on any atom is -0.455 e. The summed E-state index contributed by atoms with van der Waals surface area (Å²) >= 11 is 0. The van der Waals surface area contributed by atoms with E-state index in [1.807, 2.05) is 0 Å². The summed E-state index contributed by atoms with van der Waals surface area (Å²) in [6.07, 6.45) is 0. The highest BCUT2D eigenvalue weighted by atomic mass is 16.3. The van der Waals surface area contributed by atoms with Gasteiger partial charge in [-0.1, -0.05) is 212 Å². The fourth-order valence-electron chi connectivity index (χ4n) is 10.3. The van der Waals surface area contributed by atoms with Crippen LogP contribution in [0.25, 0.3) is 110 Å². The van der Waals surface area contributed by atoms with Crippen molar-refractivity contribution in [2.24, 2.45) is 0 Å². The molecule has 0 aliphatic heterocycles. The van der Waals surface area contributed by atoms with Gasteiger partial charge in [0.15, 0.2) is 0 Å². The Morgan fingerprint density at radius 2 is 0.818 bits per heavy atom. The quantitative estimate of drug-likeness (QED) is 0.149. The molecule has 66 heavy (non-hydrogen) atoms. The van der Waals surface area contributed by atoms with Crippen molar-refractivity contribution in [3.05, 3.63) is 249 Å². The molecule has 0 spiro atoms. The van der Waals surface area contributed by atoms with Gasteiger partial charge in [0.2, 0.25) is 0 Å². The normalized spacial score (nSPS) is 11.6. The van der Waals surface area contributed by atoms with Gasteiger partial charge in [0, 0.05) is 38.7 Å². The second-order valence-corrected chi connectivity index (χ2v) is 17.2. The molecule has 1 heterocycles. The Balaban J connectivity index is 0.969. The lowest BCUT2D eigenvalue weighted by molar-refractivity contribution is 0.636. The Bertz CT molecular complexity index is 3960. The van der Waals surface area contributed by atoms with E-state index in [9.17, 15) is 0 Å². The standard InChI is InChI=1S/C64H41NO/c1-3-17-45(18-4-1)61-62-57-39-34-47(40-59(57)55-26-12-14-28-58(55)64(62)66-63(61)46-19-5-2-6-20-46)42-30-35-49(36-31-42)65(60-41-48-21-8-10-24-53(48)54-25-11-13-27-56(54)60)50-37-32-44(33-38-50)52-29-15-22-43-16-7-9-23-51(43)52/h1-41H. The predicted octanol–water partition coefficient (Wildman–Crippen LogP) is 18.3. The van der Waals surface area contributed by atoms with Crippen LogP contribution >= 0.6 is 0 Å². The van der Waals surface area contributed by atoms with Gasteiger partial charge in [-0.15, -0.1) is 0 Å². The summed E-state index contributed by atoms with van der Waals surface area (Å²) in [4.78, 5) is 2.42. The molecule has 0 amide bonds. The number of hydrogen-bond donors (Lipinski definition) is 0. The van der Waals surface area contributed by atoms with Crippen LogP contribution in [0.2, 0.25) is 0 Å². The highest BCUT2D eigenvalue weighted by molar-refractivity contribution is 6.29. The number of hydrogen-bond acceptors (Lipinski definition) is 2. The van der Waals surface area contributed by atoms with Crippen molar-refractivity contribution in [3.63, 3.8) is 0 Å². The highest BCUT2D eigenvalue weighted by Gasteiger charge is 2.23. The van der Waals surface area contributed by atoms with Crippen LogP contribution in [0.15, 0.2) is 253 Å². The first-order chi connectivity index (χ1) is 32.7. The third-order valence-electron chi connectivity index (χ3n) is 13.4. The molecule has 13 aromatic rings. The number of rotatable bonds is 7. The molecular weight excluding hydrogens is 799 g/mol. The predicted molar refractivity (Wildman–Crippen MR) is 280 cm³/mol. The van der Waals surface area contributed by atoms with E-state index in [4.69, 9.17) is 4.42 Å². The van der Waals surface area contributed by atoms with Crippen molar-refractivity contribution in [2.45, 2.75) is 0 Å². The summed E-state index contributed by atoms with van der Waals surface area (Å²) in [5, 5.41) is 13.2. The van der Waals surface area contributed by atoms with Gasteiger partial charge >= 0.3 is 0 Å². The maximum atomic E-state index is 6.98. The van der Waals surface area contributed by atoms with Crippen molar-refractivity contribution in [1.29, 1.82) is 0 Å². The van der Waals surface area contributed by atoms with Crippen LogP contribution in [0.3, 0.4) is 0 Å². The molecule has 0 unspecified atom stereocenters. The van der Waals surface area contributed by atoms with Gasteiger partial charge in [-0.2, -0.15) is 0 Å². The Hall–Kier alpha value is -8.72. The SMILES string of the molecule is c1ccc(-c2oc3c4ccccc4c4cc(-c5ccc(N(c6ccc(-c7cccc8ccccc78)cc6)c6cc7ccccc7c7ccccc67)cc5)ccc4c3c2-c2ccccc2)cc1. The largest absolute Gasteiger partial charge is 0.455 e. The van der Waals surface area contributed by atoms with Crippen LogP contribution in [0.1, 0.15) is 0 Å². The molecule has 308 valence electrons. The van der Waals surface area contributed by atoms with Gasteiger partial charge in [-0.25, -0.2) is 0 Å². The van der Waals surface area contributed by atoms with Crippen molar-refractivity contribution in [1.82, 2.24) is 0 Å². The van der Waals surface area contributed by atoms with Gasteiger partial charge in [-0.05, 0) is 107 Å². The molecule has 2 nitrogen and oxygen atoms in total. The fourth-order valence-corrected chi connectivity index (χ4v) is 10.3. The molecule has 0 aliphatic carbocycles. The fraction of sp³-hybridized carbons (Fsp3) is 0. The molecule has 13 rings (SSSR count). The van der Waals surface area contributed by atoms with E-state index in [1.54, 1.807) is 0 Å². The van der Waals surface area contributed by atoms with Crippen LogP contribution in [-0.4, -0.2) is 0 Å². The second kappa shape index (κ2) is 15.5. The summed E-state index contributed by atoms with van der Waals surface area (Å²) in [6.45, 7) is 0. The Kier molecular flexibility index (Phi) is 8.89. The Morgan fingerprint density at radius 1 is 0.288 bits per heavy atom. The van der Waals surface area contributed by atoms with E-state index in [-0.39, 0.29) is 0 Å². The zero-order chi connectivity index (χ0) is 43.6. The lowest BCUT2D eigenvalue weighted by Gasteiger charge is -2.28. The molecule has 0 fully saturated rings. The van der Waals surface area contributed by atoms with Crippen molar-refractivity contribution >= 4 is 81.9 Å². The van der Waals surface area contributed by atoms with Crippen molar-refractivity contribution < 1.29 is 4.42 Å². The van der Waals surface area contributed by atoms with Crippen LogP contribution in [0.4, 0.5) is 17.1 Å².